The predicted octanol–water partition coefficient (Wildman–Crippen LogP) is -0.355. The minimum atomic E-state index is -3.67. The van der Waals surface area contributed by atoms with Crippen LogP contribution >= 0.6 is 0 Å². The van der Waals surface area contributed by atoms with Crippen molar-refractivity contribution in [1.82, 2.24) is 0 Å². The Hall–Kier alpha value is -0.730. The summed E-state index contributed by atoms with van der Waals surface area (Å²) in [6, 6.07) is 2.08. The molecule has 0 aromatic rings. The Bertz CT molecular complexity index is 362. The van der Waals surface area contributed by atoms with Crippen LogP contribution in [-0.4, -0.2) is 44.5 Å². The van der Waals surface area contributed by atoms with Gasteiger partial charge < -0.3 is 5.73 Å². The van der Waals surface area contributed by atoms with Gasteiger partial charge in [0.1, 0.15) is 0 Å². The van der Waals surface area contributed by atoms with Gasteiger partial charge in [-0.1, -0.05) is 6.92 Å². The lowest BCUT2D eigenvalue weighted by Gasteiger charge is -1.97. The molecule has 0 rings (SSSR count). The summed E-state index contributed by atoms with van der Waals surface area (Å²) < 4.78 is 51.7. The molecule has 0 bridgehead atoms. The lowest BCUT2D eigenvalue weighted by molar-refractivity contribution is 0.488. The van der Waals surface area contributed by atoms with Gasteiger partial charge in [-0.05, 0) is 6.42 Å². The molecule has 0 fully saturated rings. The van der Waals surface area contributed by atoms with E-state index < -0.39 is 20.2 Å². The molecule has 0 amide bonds. The molecule has 0 aliphatic rings. The molecule has 8 nitrogen and oxygen atoms in total. The highest BCUT2D eigenvalue weighted by atomic mass is 32.2. The van der Waals surface area contributed by atoms with Gasteiger partial charge >= 0.3 is 0 Å². The number of rotatable bonds is 2. The fourth-order valence-corrected chi connectivity index (χ4v) is 0.262. The summed E-state index contributed by atoms with van der Waals surface area (Å²) in [5, 5.41) is 8.04. The fourth-order valence-electron chi connectivity index (χ4n) is 0.262. The second kappa shape index (κ2) is 10.4. The third-order valence-electron chi connectivity index (χ3n) is 0.878. The van der Waals surface area contributed by atoms with Crippen molar-refractivity contribution in [3.05, 3.63) is 0 Å². The molecular formula is C7H18N2O6S2. The maximum absolute atomic E-state index is 9.19. The number of hydrogen-bond acceptors (Lipinski definition) is 6. The lowest BCUT2D eigenvalue weighted by atomic mass is 10.2. The Morgan fingerprint density at radius 1 is 1.18 bits per heavy atom. The van der Waals surface area contributed by atoms with Crippen molar-refractivity contribution in [1.29, 1.82) is 5.26 Å². The van der Waals surface area contributed by atoms with Gasteiger partial charge in [-0.3, -0.25) is 9.11 Å². The molecule has 0 aliphatic heterocycles. The van der Waals surface area contributed by atoms with E-state index in [0.717, 1.165) is 6.42 Å². The molecule has 0 aromatic heterocycles. The number of nitrogens with two attached hydrogens (primary N) is 1. The largest absolute Gasteiger partial charge is 0.327 e. The molecule has 1 atom stereocenters. The Morgan fingerprint density at radius 2 is 1.41 bits per heavy atom. The first-order valence-corrected chi connectivity index (χ1v) is 7.98. The first-order chi connectivity index (χ1) is 7.31. The molecule has 17 heavy (non-hydrogen) atoms. The Morgan fingerprint density at radius 3 is 1.47 bits per heavy atom. The van der Waals surface area contributed by atoms with E-state index in [0.29, 0.717) is 18.9 Å². The number of nitrogens with zero attached hydrogens (tertiary/aromatic N) is 1. The molecule has 0 heterocycles. The van der Waals surface area contributed by atoms with E-state index in [-0.39, 0.29) is 6.04 Å². The van der Waals surface area contributed by atoms with E-state index >= 15 is 0 Å². The normalized spacial score (nSPS) is 12.1. The van der Waals surface area contributed by atoms with Crippen LogP contribution in [-0.2, 0) is 20.2 Å². The summed E-state index contributed by atoms with van der Waals surface area (Å²) in [5.74, 6) is 0. The van der Waals surface area contributed by atoms with Crippen LogP contribution in [0.1, 0.15) is 19.8 Å². The average Bonchev–Trinajstić information content (AvgIpc) is 1.98. The summed E-state index contributed by atoms with van der Waals surface area (Å²) in [5.41, 5.74) is 5.36. The van der Waals surface area contributed by atoms with Crippen LogP contribution in [0.15, 0.2) is 0 Å². The third kappa shape index (κ3) is 147. The van der Waals surface area contributed by atoms with Crippen molar-refractivity contribution in [3.63, 3.8) is 0 Å². The van der Waals surface area contributed by atoms with Gasteiger partial charge in [-0.2, -0.15) is 22.1 Å². The van der Waals surface area contributed by atoms with E-state index in [1.165, 1.54) is 0 Å². The van der Waals surface area contributed by atoms with Gasteiger partial charge in [0.2, 0.25) is 0 Å². The minimum Gasteiger partial charge on any atom is -0.327 e. The van der Waals surface area contributed by atoms with Crippen molar-refractivity contribution in [2.24, 2.45) is 5.73 Å². The van der Waals surface area contributed by atoms with Gasteiger partial charge in [0.05, 0.1) is 25.0 Å². The van der Waals surface area contributed by atoms with Gasteiger partial charge in [0.15, 0.2) is 0 Å². The average molecular weight is 290 g/mol. The van der Waals surface area contributed by atoms with E-state index in [2.05, 4.69) is 0 Å². The Labute approximate surface area is 102 Å². The van der Waals surface area contributed by atoms with Crippen molar-refractivity contribution < 1.29 is 25.9 Å². The molecule has 4 N–H and O–H groups in total. The molecule has 0 aromatic carbocycles. The minimum absolute atomic E-state index is 0.0880. The standard InChI is InChI=1S/C5H10N2.2CH4O3S/c1-2-5(7)3-4-6;2*1-5(2,3)4/h5H,2-3,7H2,1H3;2*1H3,(H,2,3,4)/t5-;;/m1../s1. The van der Waals surface area contributed by atoms with E-state index in [4.69, 9.17) is 20.1 Å². The topological polar surface area (TPSA) is 159 Å². The zero-order chi connectivity index (χ0) is 14.7. The summed E-state index contributed by atoms with van der Waals surface area (Å²) >= 11 is 0. The maximum Gasteiger partial charge on any atom is 0.261 e. The second-order valence-electron chi connectivity index (χ2n) is 3.00. The van der Waals surface area contributed by atoms with Crippen LogP contribution in [0.5, 0.6) is 0 Å². The van der Waals surface area contributed by atoms with Gasteiger partial charge in [-0.25, -0.2) is 0 Å². The molecule has 0 unspecified atom stereocenters. The van der Waals surface area contributed by atoms with Gasteiger partial charge in [0, 0.05) is 6.04 Å². The maximum atomic E-state index is 9.19. The Kier molecular flexibility index (Phi) is 13.2. The highest BCUT2D eigenvalue weighted by molar-refractivity contribution is 7.85. The highest BCUT2D eigenvalue weighted by Gasteiger charge is 1.93. The summed E-state index contributed by atoms with van der Waals surface area (Å²) in [7, 11) is -7.33. The summed E-state index contributed by atoms with van der Waals surface area (Å²) in [4.78, 5) is 0. The SMILES string of the molecule is CC[C@@H](N)CC#N.CS(=O)(=O)O.CS(=O)(=O)O. The third-order valence-corrected chi connectivity index (χ3v) is 0.878. The van der Waals surface area contributed by atoms with Gasteiger partial charge in [0.25, 0.3) is 20.2 Å². The fraction of sp³-hybridized carbons (Fsp3) is 0.857. The highest BCUT2D eigenvalue weighted by Crippen LogP contribution is 1.88. The lowest BCUT2D eigenvalue weighted by Crippen LogP contribution is -2.16. The van der Waals surface area contributed by atoms with Crippen LogP contribution in [0.25, 0.3) is 0 Å². The molecular weight excluding hydrogens is 272 g/mol. The molecule has 0 saturated heterocycles. The van der Waals surface area contributed by atoms with E-state index in [1.807, 2.05) is 13.0 Å². The van der Waals surface area contributed by atoms with Crippen LogP contribution in [0, 0.1) is 11.3 Å². The zero-order valence-electron chi connectivity index (χ0n) is 9.86. The van der Waals surface area contributed by atoms with Crippen molar-refractivity contribution in [2.45, 2.75) is 25.8 Å². The monoisotopic (exact) mass is 290 g/mol. The molecule has 104 valence electrons. The first-order valence-electron chi connectivity index (χ1n) is 4.28. The number of hydrogen-bond donors (Lipinski definition) is 3. The van der Waals surface area contributed by atoms with Crippen molar-refractivity contribution in [3.8, 4) is 6.07 Å². The van der Waals surface area contributed by atoms with Gasteiger partial charge in [-0.15, -0.1) is 0 Å². The number of nitriles is 1. The molecule has 0 radical (unpaired) electrons. The second-order valence-corrected chi connectivity index (χ2v) is 5.93. The summed E-state index contributed by atoms with van der Waals surface area (Å²) in [6.45, 7) is 1.97. The molecule has 0 saturated carbocycles. The van der Waals surface area contributed by atoms with Crippen LogP contribution in [0.4, 0.5) is 0 Å². The summed E-state index contributed by atoms with van der Waals surface area (Å²) in [6.07, 6.45) is 2.81. The molecule has 10 heteroatoms. The first kappa shape index (κ1) is 21.5. The molecule has 0 aliphatic carbocycles. The smallest absolute Gasteiger partial charge is 0.261 e. The van der Waals surface area contributed by atoms with Crippen LogP contribution in [0.3, 0.4) is 0 Å². The zero-order valence-corrected chi connectivity index (χ0v) is 11.5. The quantitative estimate of drug-likeness (QED) is 0.581. The van der Waals surface area contributed by atoms with E-state index in [1.54, 1.807) is 0 Å². The van der Waals surface area contributed by atoms with Crippen LogP contribution < -0.4 is 5.73 Å². The van der Waals surface area contributed by atoms with Crippen molar-refractivity contribution >= 4 is 20.2 Å². The van der Waals surface area contributed by atoms with Crippen molar-refractivity contribution in [2.75, 3.05) is 12.5 Å². The molecule has 0 spiro atoms. The van der Waals surface area contributed by atoms with E-state index in [9.17, 15) is 16.8 Å². The Balaban J connectivity index is -0.000000177. The predicted molar refractivity (Wildman–Crippen MR) is 63.4 cm³/mol. The van der Waals surface area contributed by atoms with Crippen LogP contribution in [0.2, 0.25) is 0 Å².